The molecule has 2 rings (SSSR count). The van der Waals surface area contributed by atoms with Crippen molar-refractivity contribution in [1.29, 1.82) is 0 Å². The fourth-order valence-electron chi connectivity index (χ4n) is 1.85. The van der Waals surface area contributed by atoms with E-state index in [0.29, 0.717) is 18.5 Å². The number of rotatable bonds is 7. The van der Waals surface area contributed by atoms with Gasteiger partial charge < -0.3 is 5.32 Å². The van der Waals surface area contributed by atoms with Gasteiger partial charge in [-0.2, -0.15) is 0 Å². The quantitative estimate of drug-likeness (QED) is 0.789. The fraction of sp³-hybridized carbons (Fsp3) is 0.636. The molecule has 1 atom stereocenters. The molecule has 0 bridgehead atoms. The standard InChI is InChI=1S/C11H18N2O2S2/c1-12-17(14,15)8-6-13-11(9-4-5-9)10-3-2-7-16-10/h2-3,7,9,11-13H,4-6,8H2,1H3. The summed E-state index contributed by atoms with van der Waals surface area (Å²) in [6.07, 6.45) is 2.49. The molecular formula is C11H18N2O2S2. The van der Waals surface area contributed by atoms with E-state index in [1.165, 1.54) is 24.8 Å². The van der Waals surface area contributed by atoms with Crippen LogP contribution in [0.4, 0.5) is 0 Å². The van der Waals surface area contributed by atoms with Crippen LogP contribution in [-0.2, 0) is 10.0 Å². The van der Waals surface area contributed by atoms with E-state index < -0.39 is 10.0 Å². The highest BCUT2D eigenvalue weighted by Crippen LogP contribution is 2.42. The number of thiophene rings is 1. The minimum absolute atomic E-state index is 0.137. The predicted octanol–water partition coefficient (Wildman–Crippen LogP) is 1.34. The van der Waals surface area contributed by atoms with Crippen molar-refractivity contribution in [2.45, 2.75) is 18.9 Å². The lowest BCUT2D eigenvalue weighted by Crippen LogP contribution is -2.32. The summed E-state index contributed by atoms with van der Waals surface area (Å²) >= 11 is 1.74. The van der Waals surface area contributed by atoms with E-state index in [4.69, 9.17) is 0 Å². The summed E-state index contributed by atoms with van der Waals surface area (Å²) in [5.41, 5.74) is 0. The maximum Gasteiger partial charge on any atom is 0.212 e. The van der Waals surface area contributed by atoms with Crippen molar-refractivity contribution in [3.63, 3.8) is 0 Å². The third kappa shape index (κ3) is 3.77. The van der Waals surface area contributed by atoms with Crippen molar-refractivity contribution < 1.29 is 8.42 Å². The fourth-order valence-corrected chi connectivity index (χ4v) is 3.33. The molecule has 1 fully saturated rings. The minimum Gasteiger partial charge on any atom is -0.308 e. The van der Waals surface area contributed by atoms with Crippen LogP contribution < -0.4 is 10.0 Å². The highest BCUT2D eigenvalue weighted by atomic mass is 32.2. The van der Waals surface area contributed by atoms with Crippen molar-refractivity contribution in [3.05, 3.63) is 22.4 Å². The van der Waals surface area contributed by atoms with Gasteiger partial charge in [0, 0.05) is 17.5 Å². The van der Waals surface area contributed by atoms with Crippen LogP contribution >= 0.6 is 11.3 Å². The van der Waals surface area contributed by atoms with Gasteiger partial charge in [-0.25, -0.2) is 13.1 Å². The molecular weight excluding hydrogens is 256 g/mol. The van der Waals surface area contributed by atoms with Crippen LogP contribution in [0.15, 0.2) is 17.5 Å². The zero-order chi connectivity index (χ0) is 12.3. The first-order valence-corrected chi connectivity index (χ1v) is 8.33. The van der Waals surface area contributed by atoms with Gasteiger partial charge in [0.25, 0.3) is 0 Å². The van der Waals surface area contributed by atoms with Crippen LogP contribution in [0.3, 0.4) is 0 Å². The Morgan fingerprint density at radius 2 is 2.29 bits per heavy atom. The summed E-state index contributed by atoms with van der Waals surface area (Å²) in [6, 6.07) is 4.50. The second kappa shape index (κ2) is 5.48. The van der Waals surface area contributed by atoms with Crippen molar-refractivity contribution in [2.24, 2.45) is 5.92 Å². The molecule has 1 saturated carbocycles. The Kier molecular flexibility index (Phi) is 4.19. The third-order valence-electron chi connectivity index (χ3n) is 2.99. The first-order valence-electron chi connectivity index (χ1n) is 5.80. The van der Waals surface area contributed by atoms with Crippen LogP contribution in [0.25, 0.3) is 0 Å². The van der Waals surface area contributed by atoms with Crippen LogP contribution in [0, 0.1) is 5.92 Å². The van der Waals surface area contributed by atoms with Crippen LogP contribution in [0.5, 0.6) is 0 Å². The molecule has 0 amide bonds. The first kappa shape index (κ1) is 13.0. The van der Waals surface area contributed by atoms with Gasteiger partial charge in [0.05, 0.1) is 5.75 Å². The Morgan fingerprint density at radius 1 is 1.53 bits per heavy atom. The van der Waals surface area contributed by atoms with Gasteiger partial charge in [-0.15, -0.1) is 11.3 Å². The average Bonchev–Trinajstić information content (AvgIpc) is 2.99. The zero-order valence-corrected chi connectivity index (χ0v) is 11.5. The molecule has 1 unspecified atom stereocenters. The smallest absolute Gasteiger partial charge is 0.212 e. The zero-order valence-electron chi connectivity index (χ0n) is 9.85. The van der Waals surface area contributed by atoms with E-state index in [1.54, 1.807) is 11.3 Å². The molecule has 0 radical (unpaired) electrons. The molecule has 2 N–H and O–H groups in total. The monoisotopic (exact) mass is 274 g/mol. The highest BCUT2D eigenvalue weighted by Gasteiger charge is 2.32. The van der Waals surface area contributed by atoms with E-state index in [1.807, 2.05) is 6.07 Å². The van der Waals surface area contributed by atoms with E-state index >= 15 is 0 Å². The number of hydrogen-bond donors (Lipinski definition) is 2. The van der Waals surface area contributed by atoms with Crippen LogP contribution in [-0.4, -0.2) is 27.8 Å². The van der Waals surface area contributed by atoms with Crippen LogP contribution in [0.1, 0.15) is 23.8 Å². The van der Waals surface area contributed by atoms with E-state index in [-0.39, 0.29) is 5.75 Å². The lowest BCUT2D eigenvalue weighted by atomic mass is 10.1. The molecule has 1 aliphatic carbocycles. The molecule has 4 nitrogen and oxygen atoms in total. The summed E-state index contributed by atoms with van der Waals surface area (Å²) in [5.74, 6) is 0.823. The Hall–Kier alpha value is -0.430. The van der Waals surface area contributed by atoms with Gasteiger partial charge in [0.15, 0.2) is 0 Å². The van der Waals surface area contributed by atoms with Crippen molar-refractivity contribution >= 4 is 21.4 Å². The van der Waals surface area contributed by atoms with E-state index in [9.17, 15) is 8.42 Å². The SMILES string of the molecule is CNS(=O)(=O)CCNC(c1cccs1)C1CC1. The Labute approximate surface area is 106 Å². The Morgan fingerprint density at radius 3 is 2.82 bits per heavy atom. The molecule has 96 valence electrons. The van der Waals surface area contributed by atoms with Crippen LogP contribution in [0.2, 0.25) is 0 Å². The summed E-state index contributed by atoms with van der Waals surface area (Å²) in [6.45, 7) is 0.502. The molecule has 0 spiro atoms. The average molecular weight is 274 g/mol. The molecule has 0 aliphatic heterocycles. The van der Waals surface area contributed by atoms with Crippen molar-refractivity contribution in [3.8, 4) is 0 Å². The summed E-state index contributed by atoms with van der Waals surface area (Å²) < 4.78 is 24.9. The van der Waals surface area contributed by atoms with Crippen molar-refractivity contribution in [2.75, 3.05) is 19.3 Å². The van der Waals surface area contributed by atoms with Gasteiger partial charge in [-0.05, 0) is 37.3 Å². The Bertz CT molecular complexity index is 438. The molecule has 0 aromatic carbocycles. The molecule has 17 heavy (non-hydrogen) atoms. The van der Waals surface area contributed by atoms with Gasteiger partial charge >= 0.3 is 0 Å². The normalized spacial score (nSPS) is 18.2. The minimum atomic E-state index is -3.10. The third-order valence-corrected chi connectivity index (χ3v) is 5.31. The lowest BCUT2D eigenvalue weighted by Gasteiger charge is -2.16. The topological polar surface area (TPSA) is 58.2 Å². The number of nitrogens with one attached hydrogen (secondary N) is 2. The molecule has 0 saturated heterocycles. The molecule has 1 aromatic heterocycles. The van der Waals surface area contributed by atoms with Crippen molar-refractivity contribution in [1.82, 2.24) is 10.0 Å². The largest absolute Gasteiger partial charge is 0.308 e. The molecule has 1 aliphatic rings. The summed E-state index contributed by atoms with van der Waals surface area (Å²) in [5, 5.41) is 5.43. The number of hydrogen-bond acceptors (Lipinski definition) is 4. The van der Waals surface area contributed by atoms with E-state index in [0.717, 1.165) is 0 Å². The molecule has 1 heterocycles. The second-order valence-corrected chi connectivity index (χ2v) is 7.33. The maximum atomic E-state index is 11.3. The van der Waals surface area contributed by atoms with E-state index in [2.05, 4.69) is 21.5 Å². The highest BCUT2D eigenvalue weighted by molar-refractivity contribution is 7.89. The molecule has 6 heteroatoms. The summed E-state index contributed by atoms with van der Waals surface area (Å²) in [4.78, 5) is 1.31. The maximum absolute atomic E-state index is 11.3. The van der Waals surface area contributed by atoms with Gasteiger partial charge in [0.2, 0.25) is 10.0 Å². The second-order valence-electron chi connectivity index (χ2n) is 4.31. The lowest BCUT2D eigenvalue weighted by molar-refractivity contribution is 0.500. The predicted molar refractivity (Wildman–Crippen MR) is 70.6 cm³/mol. The first-order chi connectivity index (χ1) is 8.12. The summed E-state index contributed by atoms with van der Waals surface area (Å²) in [7, 11) is -1.65. The van der Waals surface area contributed by atoms with Gasteiger partial charge in [-0.3, -0.25) is 0 Å². The van der Waals surface area contributed by atoms with Gasteiger partial charge in [0.1, 0.15) is 0 Å². The Balaban J connectivity index is 1.87. The molecule has 1 aromatic rings. The number of sulfonamides is 1. The van der Waals surface area contributed by atoms with Gasteiger partial charge in [-0.1, -0.05) is 6.07 Å².